The summed E-state index contributed by atoms with van der Waals surface area (Å²) in [7, 11) is 0. The van der Waals surface area contributed by atoms with E-state index >= 15 is 0 Å². The molecule has 0 bridgehead atoms. The monoisotopic (exact) mass is 256 g/mol. The number of rotatable bonds is 2. The van der Waals surface area contributed by atoms with Crippen molar-refractivity contribution in [1.29, 1.82) is 0 Å². The summed E-state index contributed by atoms with van der Waals surface area (Å²) in [6.07, 6.45) is 10.8. The van der Waals surface area contributed by atoms with E-state index in [2.05, 4.69) is 24.8 Å². The van der Waals surface area contributed by atoms with E-state index in [1.165, 1.54) is 44.2 Å². The van der Waals surface area contributed by atoms with Crippen LogP contribution >= 0.6 is 0 Å². The van der Waals surface area contributed by atoms with Gasteiger partial charge in [0.05, 0.1) is 0 Å². The molecule has 19 heavy (non-hydrogen) atoms. The van der Waals surface area contributed by atoms with Crippen LogP contribution in [0.3, 0.4) is 0 Å². The topological polar surface area (TPSA) is 0 Å². The Bertz CT molecular complexity index is 465. The van der Waals surface area contributed by atoms with Gasteiger partial charge in [-0.2, -0.15) is 0 Å². The van der Waals surface area contributed by atoms with Crippen LogP contribution in [-0.4, -0.2) is 0 Å². The molecule has 0 radical (unpaired) electrons. The van der Waals surface area contributed by atoms with Gasteiger partial charge >= 0.3 is 0 Å². The number of benzene rings is 1. The molecule has 1 aromatic carbocycles. The van der Waals surface area contributed by atoms with Crippen molar-refractivity contribution in [3.63, 3.8) is 0 Å². The highest BCUT2D eigenvalue weighted by atomic mass is 19.1. The van der Waals surface area contributed by atoms with Crippen molar-refractivity contribution in [3.8, 4) is 11.8 Å². The quantitative estimate of drug-likeness (QED) is 0.657. The Labute approximate surface area is 115 Å². The van der Waals surface area contributed by atoms with Gasteiger partial charge in [-0.15, -0.1) is 0 Å². The maximum Gasteiger partial charge on any atom is 0.123 e. The minimum Gasteiger partial charge on any atom is -0.207 e. The van der Waals surface area contributed by atoms with Crippen LogP contribution in [0.5, 0.6) is 0 Å². The van der Waals surface area contributed by atoms with E-state index in [0.29, 0.717) is 5.92 Å². The number of hydrogen-bond donors (Lipinski definition) is 0. The van der Waals surface area contributed by atoms with Crippen LogP contribution in [0.15, 0.2) is 36.4 Å². The molecule has 1 aromatic rings. The van der Waals surface area contributed by atoms with Gasteiger partial charge in [0.15, 0.2) is 0 Å². The summed E-state index contributed by atoms with van der Waals surface area (Å²) in [5.74, 6) is 7.49. The van der Waals surface area contributed by atoms with E-state index in [-0.39, 0.29) is 5.82 Å². The van der Waals surface area contributed by atoms with Gasteiger partial charge in [0.2, 0.25) is 0 Å². The van der Waals surface area contributed by atoms with E-state index < -0.39 is 0 Å². The summed E-state index contributed by atoms with van der Waals surface area (Å²) in [6.45, 7) is 2.29. The molecular weight excluding hydrogens is 235 g/mol. The molecule has 0 atom stereocenters. The zero-order valence-corrected chi connectivity index (χ0v) is 11.5. The summed E-state index contributed by atoms with van der Waals surface area (Å²) in [5, 5.41) is 0. The van der Waals surface area contributed by atoms with Crippen molar-refractivity contribution in [3.05, 3.63) is 47.8 Å². The second-order valence-corrected chi connectivity index (χ2v) is 5.32. The molecule has 100 valence electrons. The molecule has 0 saturated heterocycles. The standard InChI is InChI=1S/C18H21F/c1-2-15-7-9-16(10-8-15)5-3-4-6-17-11-13-18(19)14-12-17/h3,5,11-16H,2,7-10H2,1H3/b5-3+/t15-,16-. The molecule has 0 aliphatic heterocycles. The van der Waals surface area contributed by atoms with Gasteiger partial charge in [-0.05, 0) is 67.9 Å². The summed E-state index contributed by atoms with van der Waals surface area (Å²) in [5.41, 5.74) is 0.862. The molecule has 1 heteroatoms. The van der Waals surface area contributed by atoms with Crippen molar-refractivity contribution >= 4 is 0 Å². The van der Waals surface area contributed by atoms with Crippen LogP contribution in [0, 0.1) is 29.5 Å². The molecule has 1 aliphatic carbocycles. The Morgan fingerprint density at radius 1 is 1.16 bits per heavy atom. The first-order chi connectivity index (χ1) is 9.28. The predicted molar refractivity (Wildman–Crippen MR) is 78.2 cm³/mol. The van der Waals surface area contributed by atoms with E-state index in [1.54, 1.807) is 12.1 Å². The Balaban J connectivity index is 1.82. The Hall–Kier alpha value is -1.55. The second-order valence-electron chi connectivity index (χ2n) is 5.32. The fourth-order valence-electron chi connectivity index (χ4n) is 2.63. The third kappa shape index (κ3) is 4.56. The average molecular weight is 256 g/mol. The third-order valence-corrected chi connectivity index (χ3v) is 3.98. The average Bonchev–Trinajstić information content (AvgIpc) is 2.46. The number of halogens is 1. The van der Waals surface area contributed by atoms with Gasteiger partial charge in [0.1, 0.15) is 5.82 Å². The molecule has 1 aliphatic rings. The largest absolute Gasteiger partial charge is 0.207 e. The molecule has 0 amide bonds. The fourth-order valence-corrected chi connectivity index (χ4v) is 2.63. The molecule has 0 heterocycles. The maximum atomic E-state index is 12.7. The van der Waals surface area contributed by atoms with Crippen LogP contribution in [-0.2, 0) is 0 Å². The van der Waals surface area contributed by atoms with Gasteiger partial charge in [0.25, 0.3) is 0 Å². The van der Waals surface area contributed by atoms with Crippen molar-refractivity contribution < 1.29 is 4.39 Å². The lowest BCUT2D eigenvalue weighted by Gasteiger charge is -2.25. The smallest absolute Gasteiger partial charge is 0.123 e. The number of hydrogen-bond acceptors (Lipinski definition) is 0. The van der Waals surface area contributed by atoms with Crippen LogP contribution in [0.2, 0.25) is 0 Å². The maximum absolute atomic E-state index is 12.7. The Morgan fingerprint density at radius 3 is 2.47 bits per heavy atom. The molecule has 1 saturated carbocycles. The molecule has 0 unspecified atom stereocenters. The van der Waals surface area contributed by atoms with Crippen LogP contribution in [0.4, 0.5) is 4.39 Å². The van der Waals surface area contributed by atoms with Crippen molar-refractivity contribution in [2.75, 3.05) is 0 Å². The SMILES string of the molecule is CC[C@H]1CC[C@H](/C=C/C#Cc2ccc(F)cc2)CC1. The molecule has 2 rings (SSSR count). The minimum atomic E-state index is -0.214. The van der Waals surface area contributed by atoms with E-state index in [4.69, 9.17) is 0 Å². The second kappa shape index (κ2) is 7.14. The van der Waals surface area contributed by atoms with Crippen molar-refractivity contribution in [1.82, 2.24) is 0 Å². The van der Waals surface area contributed by atoms with Gasteiger partial charge in [-0.25, -0.2) is 4.39 Å². The van der Waals surface area contributed by atoms with E-state index in [9.17, 15) is 4.39 Å². The van der Waals surface area contributed by atoms with E-state index in [1.807, 2.05) is 6.08 Å². The first-order valence-corrected chi connectivity index (χ1v) is 7.21. The lowest BCUT2D eigenvalue weighted by molar-refractivity contribution is 0.304. The molecule has 0 N–H and O–H groups in total. The van der Waals surface area contributed by atoms with Gasteiger partial charge < -0.3 is 0 Å². The third-order valence-electron chi connectivity index (χ3n) is 3.98. The van der Waals surface area contributed by atoms with Crippen LogP contribution in [0.25, 0.3) is 0 Å². The predicted octanol–water partition coefficient (Wildman–Crippen LogP) is 4.95. The normalized spacial score (nSPS) is 23.1. The fraction of sp³-hybridized carbons (Fsp3) is 0.444. The zero-order chi connectivity index (χ0) is 13.5. The summed E-state index contributed by atoms with van der Waals surface area (Å²) in [6, 6.07) is 6.31. The Kier molecular flexibility index (Phi) is 5.21. The molecule has 0 nitrogen and oxygen atoms in total. The van der Waals surface area contributed by atoms with Crippen LogP contribution in [0.1, 0.15) is 44.6 Å². The summed E-state index contributed by atoms with van der Waals surface area (Å²) in [4.78, 5) is 0. The lowest BCUT2D eigenvalue weighted by atomic mass is 9.81. The van der Waals surface area contributed by atoms with Gasteiger partial charge in [-0.1, -0.05) is 31.3 Å². The van der Waals surface area contributed by atoms with Crippen LogP contribution < -0.4 is 0 Å². The lowest BCUT2D eigenvalue weighted by Crippen LogP contribution is -2.11. The molecular formula is C18H21F. The van der Waals surface area contributed by atoms with Gasteiger partial charge in [-0.3, -0.25) is 0 Å². The molecule has 0 spiro atoms. The minimum absolute atomic E-state index is 0.214. The summed E-state index contributed by atoms with van der Waals surface area (Å²) < 4.78 is 12.7. The van der Waals surface area contributed by atoms with Gasteiger partial charge in [0, 0.05) is 5.56 Å². The van der Waals surface area contributed by atoms with E-state index in [0.717, 1.165) is 11.5 Å². The highest BCUT2D eigenvalue weighted by molar-refractivity contribution is 5.36. The summed E-state index contributed by atoms with van der Waals surface area (Å²) >= 11 is 0. The first-order valence-electron chi connectivity index (χ1n) is 7.21. The van der Waals surface area contributed by atoms with Crippen molar-refractivity contribution in [2.24, 2.45) is 11.8 Å². The first kappa shape index (κ1) is 13.9. The molecule has 1 fully saturated rings. The zero-order valence-electron chi connectivity index (χ0n) is 11.5. The molecule has 0 aromatic heterocycles. The highest BCUT2D eigenvalue weighted by Gasteiger charge is 2.17. The van der Waals surface area contributed by atoms with Crippen molar-refractivity contribution in [2.45, 2.75) is 39.0 Å². The Morgan fingerprint density at radius 2 is 1.84 bits per heavy atom. The highest BCUT2D eigenvalue weighted by Crippen LogP contribution is 2.31. The number of allylic oxidation sites excluding steroid dienone is 2.